The van der Waals surface area contributed by atoms with Gasteiger partial charge in [-0.25, -0.2) is 4.79 Å². The van der Waals surface area contributed by atoms with Gasteiger partial charge in [-0.1, -0.05) is 83.3 Å². The molecule has 348 valence electrons. The maximum absolute atomic E-state index is 13.9. The SMILES string of the molecule is CC(C)C1=C2C3CCC4C5(C)CCC(OC(=O)CC(C)(C)C(=O)OC(C)(C)C)C(C)(C)C5CCC4(C)C3(C)CCC2(C(O)CN(Cc2ccc(Cl)cc2)C(=O)OC(C)(C)C)CC1. The van der Waals surface area contributed by atoms with Gasteiger partial charge >= 0.3 is 18.0 Å². The molecular weight excluding hydrogens is 798 g/mol. The van der Waals surface area contributed by atoms with Crippen molar-refractivity contribution < 1.29 is 33.7 Å². The maximum atomic E-state index is 13.9. The quantitative estimate of drug-likeness (QED) is 0.142. The molecule has 6 rings (SSSR count). The predicted octanol–water partition coefficient (Wildman–Crippen LogP) is 12.9. The molecule has 0 aliphatic heterocycles. The highest BCUT2D eigenvalue weighted by Gasteiger charge is 2.70. The van der Waals surface area contributed by atoms with Crippen molar-refractivity contribution in [3.63, 3.8) is 0 Å². The van der Waals surface area contributed by atoms with Crippen LogP contribution in [0, 0.1) is 56.2 Å². The number of esters is 2. The zero-order valence-corrected chi connectivity index (χ0v) is 41.9. The van der Waals surface area contributed by atoms with Crippen LogP contribution in [0.2, 0.25) is 5.02 Å². The number of ether oxygens (including phenoxy) is 3. The number of rotatable bonds is 10. The lowest BCUT2D eigenvalue weighted by atomic mass is 9.33. The number of fused-ring (bicyclic) bond motifs is 7. The highest BCUT2D eigenvalue weighted by atomic mass is 35.5. The molecular formula is C53H82ClNO7. The Morgan fingerprint density at radius 3 is 2.02 bits per heavy atom. The lowest BCUT2D eigenvalue weighted by molar-refractivity contribution is -0.235. The third kappa shape index (κ3) is 8.89. The van der Waals surface area contributed by atoms with E-state index in [0.717, 1.165) is 69.8 Å². The van der Waals surface area contributed by atoms with Crippen molar-refractivity contribution in [3.05, 3.63) is 46.0 Å². The summed E-state index contributed by atoms with van der Waals surface area (Å²) < 4.78 is 18.0. The second-order valence-electron chi connectivity index (χ2n) is 24.8. The topological polar surface area (TPSA) is 102 Å². The second-order valence-corrected chi connectivity index (χ2v) is 25.2. The highest BCUT2D eigenvalue weighted by molar-refractivity contribution is 6.30. The normalized spacial score (nSPS) is 33.7. The predicted molar refractivity (Wildman–Crippen MR) is 247 cm³/mol. The third-order valence-electron chi connectivity index (χ3n) is 17.4. The molecule has 4 saturated carbocycles. The summed E-state index contributed by atoms with van der Waals surface area (Å²) in [4.78, 5) is 42.2. The van der Waals surface area contributed by atoms with Gasteiger partial charge in [0.2, 0.25) is 0 Å². The first-order valence-corrected chi connectivity index (χ1v) is 24.3. The van der Waals surface area contributed by atoms with Gasteiger partial charge in [-0.05, 0) is 177 Å². The van der Waals surface area contributed by atoms with E-state index in [1.54, 1.807) is 18.7 Å². The van der Waals surface area contributed by atoms with Crippen LogP contribution >= 0.6 is 11.6 Å². The first kappa shape index (κ1) is 48.9. The Balaban J connectivity index is 1.25. The summed E-state index contributed by atoms with van der Waals surface area (Å²) in [5.74, 6) is 0.935. The number of halogens is 1. The van der Waals surface area contributed by atoms with Crippen LogP contribution in [0.25, 0.3) is 0 Å². The molecule has 1 aromatic rings. The molecule has 1 aromatic carbocycles. The standard InChI is InChI=1S/C53H82ClNO7/c1-33(2)36-22-27-53(40(56)32-55(45(59)62-47(6,7)8)31-34-16-18-35(54)19-17-34)29-28-51(14)37(43(36)53)20-21-39-50(13)25-24-41(49(11,12)38(50)23-26-52(39,51)15)60-42(57)30-48(9,10)44(58)61-46(3,4)5/h16-19,33,37-41,56H,20-32H2,1-15H3. The molecule has 0 radical (unpaired) electrons. The van der Waals surface area contributed by atoms with Gasteiger partial charge < -0.3 is 24.2 Å². The van der Waals surface area contributed by atoms with Crippen LogP contribution in [0.15, 0.2) is 35.4 Å². The van der Waals surface area contributed by atoms with Crippen molar-refractivity contribution in [1.29, 1.82) is 0 Å². The molecule has 5 aliphatic carbocycles. The Bertz CT molecular complexity index is 1890. The fourth-order valence-corrected chi connectivity index (χ4v) is 14.3. The first-order valence-electron chi connectivity index (χ1n) is 24.0. The van der Waals surface area contributed by atoms with E-state index in [1.807, 2.05) is 65.8 Å². The molecule has 0 saturated heterocycles. The molecule has 0 bridgehead atoms. The number of amides is 1. The molecule has 9 heteroatoms. The van der Waals surface area contributed by atoms with Crippen molar-refractivity contribution in [2.45, 2.75) is 204 Å². The van der Waals surface area contributed by atoms with Gasteiger partial charge in [-0.3, -0.25) is 9.59 Å². The van der Waals surface area contributed by atoms with Gasteiger partial charge in [0.05, 0.1) is 24.5 Å². The molecule has 62 heavy (non-hydrogen) atoms. The smallest absolute Gasteiger partial charge is 0.410 e. The van der Waals surface area contributed by atoms with E-state index in [0.29, 0.717) is 35.2 Å². The maximum Gasteiger partial charge on any atom is 0.410 e. The van der Waals surface area contributed by atoms with Gasteiger partial charge in [0, 0.05) is 22.4 Å². The van der Waals surface area contributed by atoms with E-state index in [9.17, 15) is 19.5 Å². The van der Waals surface area contributed by atoms with E-state index in [-0.39, 0.29) is 52.7 Å². The van der Waals surface area contributed by atoms with Crippen LogP contribution in [0.4, 0.5) is 4.79 Å². The lowest BCUT2D eigenvalue weighted by Crippen LogP contribution is -2.66. The summed E-state index contributed by atoms with van der Waals surface area (Å²) in [5.41, 5.74) is 1.30. The summed E-state index contributed by atoms with van der Waals surface area (Å²) in [7, 11) is 0. The van der Waals surface area contributed by atoms with Crippen LogP contribution in [0.1, 0.15) is 180 Å². The van der Waals surface area contributed by atoms with E-state index in [1.165, 1.54) is 11.1 Å². The van der Waals surface area contributed by atoms with Crippen molar-refractivity contribution in [2.24, 2.45) is 56.2 Å². The number of aliphatic hydroxyl groups is 1. The zero-order chi connectivity index (χ0) is 46.2. The van der Waals surface area contributed by atoms with Gasteiger partial charge in [-0.15, -0.1) is 0 Å². The summed E-state index contributed by atoms with van der Waals surface area (Å²) in [6.45, 7) is 32.4. The second kappa shape index (κ2) is 16.7. The van der Waals surface area contributed by atoms with E-state index < -0.39 is 34.2 Å². The van der Waals surface area contributed by atoms with E-state index in [2.05, 4.69) is 48.5 Å². The van der Waals surface area contributed by atoms with Crippen LogP contribution < -0.4 is 0 Å². The Labute approximate surface area is 380 Å². The third-order valence-corrected chi connectivity index (χ3v) is 17.7. The molecule has 0 spiro atoms. The number of benzene rings is 1. The first-order chi connectivity index (χ1) is 28.4. The van der Waals surface area contributed by atoms with Crippen LogP contribution in [-0.4, -0.2) is 58.0 Å². The van der Waals surface area contributed by atoms with E-state index in [4.69, 9.17) is 25.8 Å². The van der Waals surface area contributed by atoms with Crippen molar-refractivity contribution in [1.82, 2.24) is 4.90 Å². The average molecular weight is 881 g/mol. The molecule has 4 fully saturated rings. The Hall–Kier alpha value is -2.58. The van der Waals surface area contributed by atoms with Gasteiger partial charge in [0.15, 0.2) is 0 Å². The monoisotopic (exact) mass is 880 g/mol. The number of nitrogens with zero attached hydrogens (tertiary/aromatic N) is 1. The number of aliphatic hydroxyl groups excluding tert-OH is 1. The van der Waals surface area contributed by atoms with Crippen molar-refractivity contribution in [3.8, 4) is 0 Å². The minimum Gasteiger partial charge on any atom is -0.462 e. The molecule has 8 nitrogen and oxygen atoms in total. The molecule has 5 aliphatic rings. The fourth-order valence-electron chi connectivity index (χ4n) is 14.2. The molecule has 9 atom stereocenters. The number of hydrogen-bond acceptors (Lipinski definition) is 7. The number of carbonyl (C=O) groups excluding carboxylic acids is 3. The summed E-state index contributed by atoms with van der Waals surface area (Å²) in [6.07, 6.45) is 8.73. The largest absolute Gasteiger partial charge is 0.462 e. The van der Waals surface area contributed by atoms with E-state index >= 15 is 0 Å². The van der Waals surface area contributed by atoms with Gasteiger partial charge in [-0.2, -0.15) is 0 Å². The number of allylic oxidation sites excluding steroid dienone is 1. The van der Waals surface area contributed by atoms with Crippen molar-refractivity contribution >= 4 is 29.6 Å². The minimum absolute atomic E-state index is 0.0113. The van der Waals surface area contributed by atoms with Gasteiger partial charge in [0.25, 0.3) is 0 Å². The van der Waals surface area contributed by atoms with Crippen LogP contribution in [0.5, 0.6) is 0 Å². The summed E-state index contributed by atoms with van der Waals surface area (Å²) >= 11 is 6.24. The highest BCUT2D eigenvalue weighted by Crippen LogP contribution is 2.77. The number of carbonyl (C=O) groups is 3. The lowest BCUT2D eigenvalue weighted by Gasteiger charge is -2.72. The van der Waals surface area contributed by atoms with Crippen LogP contribution in [0.3, 0.4) is 0 Å². The average Bonchev–Trinajstić information content (AvgIpc) is 3.53. The Morgan fingerprint density at radius 2 is 1.42 bits per heavy atom. The van der Waals surface area contributed by atoms with Gasteiger partial charge in [0.1, 0.15) is 17.3 Å². The molecule has 0 aromatic heterocycles. The molecule has 9 unspecified atom stereocenters. The zero-order valence-electron chi connectivity index (χ0n) is 41.2. The Kier molecular flexibility index (Phi) is 13.2. The van der Waals surface area contributed by atoms with Crippen LogP contribution in [-0.2, 0) is 30.3 Å². The molecule has 1 N–H and O–H groups in total. The minimum atomic E-state index is -0.981. The molecule has 0 heterocycles. The summed E-state index contributed by atoms with van der Waals surface area (Å²) in [5, 5.41) is 13.4. The Morgan fingerprint density at radius 1 is 0.790 bits per heavy atom. The fraction of sp³-hybridized carbons (Fsp3) is 0.792. The number of hydrogen-bond donors (Lipinski definition) is 1. The molecule has 1 amide bonds. The summed E-state index contributed by atoms with van der Waals surface area (Å²) in [6, 6.07) is 7.58. The van der Waals surface area contributed by atoms with Crippen molar-refractivity contribution in [2.75, 3.05) is 6.54 Å².